The summed E-state index contributed by atoms with van der Waals surface area (Å²) in [6, 6.07) is 12.7. The van der Waals surface area contributed by atoms with Crippen molar-refractivity contribution in [3.05, 3.63) is 48.0 Å². The van der Waals surface area contributed by atoms with Crippen LogP contribution in [0.3, 0.4) is 0 Å². The number of carbonyl (C=O) groups excluding carboxylic acids is 1. The number of carbonyl (C=O) groups is 1. The molecule has 0 radical (unpaired) electrons. The zero-order chi connectivity index (χ0) is 16.5. The lowest BCUT2D eigenvalue weighted by Crippen LogP contribution is -2.34. The highest BCUT2D eigenvalue weighted by Gasteiger charge is 2.17. The standard InChI is InChI=1S/C16H11N3O3S2/c20-14(9-5-6-11-12(7-9)22-8-21-11)18-15(23)19-16-17-10-3-1-2-4-13(10)24-16/h1-7H,8H2,(H2,17,18,19,20,23). The maximum absolute atomic E-state index is 12.3. The monoisotopic (exact) mass is 357 g/mol. The molecule has 1 aliphatic heterocycles. The van der Waals surface area contributed by atoms with E-state index in [0.29, 0.717) is 22.2 Å². The van der Waals surface area contributed by atoms with E-state index in [1.807, 2.05) is 24.3 Å². The van der Waals surface area contributed by atoms with E-state index < -0.39 is 0 Å². The van der Waals surface area contributed by atoms with Crippen molar-refractivity contribution in [3.8, 4) is 11.5 Å². The van der Waals surface area contributed by atoms with Crippen LogP contribution in [0, 0.1) is 0 Å². The fourth-order valence-electron chi connectivity index (χ4n) is 2.27. The number of hydrogen-bond donors (Lipinski definition) is 2. The van der Waals surface area contributed by atoms with Gasteiger partial charge in [-0.05, 0) is 42.5 Å². The summed E-state index contributed by atoms with van der Waals surface area (Å²) < 4.78 is 11.5. The van der Waals surface area contributed by atoms with Crippen LogP contribution in [0.2, 0.25) is 0 Å². The van der Waals surface area contributed by atoms with Crippen molar-refractivity contribution >= 4 is 49.9 Å². The number of amides is 1. The predicted molar refractivity (Wildman–Crippen MR) is 95.9 cm³/mol. The number of hydrogen-bond acceptors (Lipinski definition) is 6. The van der Waals surface area contributed by atoms with Crippen molar-refractivity contribution in [2.75, 3.05) is 12.1 Å². The van der Waals surface area contributed by atoms with Gasteiger partial charge in [0.2, 0.25) is 6.79 Å². The molecule has 0 fully saturated rings. The van der Waals surface area contributed by atoms with E-state index in [0.717, 1.165) is 10.2 Å². The molecule has 0 saturated heterocycles. The van der Waals surface area contributed by atoms with Crippen LogP contribution in [0.15, 0.2) is 42.5 Å². The smallest absolute Gasteiger partial charge is 0.257 e. The van der Waals surface area contributed by atoms with Gasteiger partial charge in [-0.2, -0.15) is 0 Å². The Morgan fingerprint density at radius 3 is 2.88 bits per heavy atom. The molecule has 24 heavy (non-hydrogen) atoms. The van der Waals surface area contributed by atoms with E-state index in [4.69, 9.17) is 21.7 Å². The Bertz CT molecular complexity index is 922. The van der Waals surface area contributed by atoms with Gasteiger partial charge in [0.15, 0.2) is 21.7 Å². The van der Waals surface area contributed by atoms with Crippen LogP contribution in [-0.4, -0.2) is 22.8 Å². The van der Waals surface area contributed by atoms with E-state index in [1.54, 1.807) is 18.2 Å². The maximum atomic E-state index is 12.3. The Kier molecular flexibility index (Phi) is 3.75. The normalized spacial score (nSPS) is 12.2. The number of fused-ring (bicyclic) bond motifs is 2. The first kappa shape index (κ1) is 14.9. The lowest BCUT2D eigenvalue weighted by atomic mass is 10.2. The summed E-state index contributed by atoms with van der Waals surface area (Å²) in [5.41, 5.74) is 1.32. The first-order chi connectivity index (χ1) is 11.7. The summed E-state index contributed by atoms with van der Waals surface area (Å²) in [5, 5.41) is 6.39. The largest absolute Gasteiger partial charge is 0.454 e. The summed E-state index contributed by atoms with van der Waals surface area (Å²) in [5.74, 6) is 0.848. The van der Waals surface area contributed by atoms with Gasteiger partial charge in [0.05, 0.1) is 10.2 Å². The number of nitrogens with one attached hydrogen (secondary N) is 2. The fraction of sp³-hybridized carbons (Fsp3) is 0.0625. The number of rotatable bonds is 2. The molecule has 0 saturated carbocycles. The highest BCUT2D eigenvalue weighted by molar-refractivity contribution is 7.80. The van der Waals surface area contributed by atoms with Gasteiger partial charge in [0.25, 0.3) is 5.91 Å². The Morgan fingerprint density at radius 2 is 2.00 bits per heavy atom. The number of thiocarbonyl (C=S) groups is 1. The SMILES string of the molecule is O=C(NC(=S)Nc1nc2ccccc2s1)c1ccc2c(c1)OCO2. The molecule has 0 unspecified atom stereocenters. The molecule has 1 aliphatic rings. The Balaban J connectivity index is 1.44. The van der Waals surface area contributed by atoms with Crippen LogP contribution in [0.1, 0.15) is 10.4 Å². The average molecular weight is 357 g/mol. The highest BCUT2D eigenvalue weighted by Crippen LogP contribution is 2.32. The molecule has 0 spiro atoms. The molecular formula is C16H11N3O3S2. The van der Waals surface area contributed by atoms with Gasteiger partial charge in [0, 0.05) is 5.56 Å². The molecular weight excluding hydrogens is 346 g/mol. The van der Waals surface area contributed by atoms with E-state index >= 15 is 0 Å². The average Bonchev–Trinajstić information content (AvgIpc) is 3.19. The summed E-state index contributed by atoms with van der Waals surface area (Å²) in [6.07, 6.45) is 0. The third-order valence-corrected chi connectivity index (χ3v) is 4.53. The first-order valence-electron chi connectivity index (χ1n) is 7.06. The van der Waals surface area contributed by atoms with Crippen LogP contribution in [0.25, 0.3) is 10.2 Å². The Morgan fingerprint density at radius 1 is 1.17 bits per heavy atom. The third kappa shape index (κ3) is 2.89. The molecule has 8 heteroatoms. The van der Waals surface area contributed by atoms with Gasteiger partial charge < -0.3 is 14.8 Å². The summed E-state index contributed by atoms with van der Waals surface area (Å²) in [7, 11) is 0. The number of thiazole rings is 1. The van der Waals surface area contributed by atoms with E-state index in [9.17, 15) is 4.79 Å². The van der Waals surface area contributed by atoms with Gasteiger partial charge in [-0.1, -0.05) is 23.5 Å². The third-order valence-electron chi connectivity index (χ3n) is 3.38. The number of ether oxygens (including phenoxy) is 2. The van der Waals surface area contributed by atoms with Gasteiger partial charge >= 0.3 is 0 Å². The zero-order valence-corrected chi connectivity index (χ0v) is 13.9. The van der Waals surface area contributed by atoms with E-state index in [2.05, 4.69) is 15.6 Å². The number of benzene rings is 2. The van der Waals surface area contributed by atoms with Crippen LogP contribution in [0.4, 0.5) is 5.13 Å². The molecule has 0 aliphatic carbocycles. The van der Waals surface area contributed by atoms with Crippen LogP contribution >= 0.6 is 23.6 Å². The van der Waals surface area contributed by atoms with Crippen molar-refractivity contribution in [3.63, 3.8) is 0 Å². The second-order valence-corrected chi connectivity index (χ2v) is 6.40. The molecule has 120 valence electrons. The Hall–Kier alpha value is -2.71. The summed E-state index contributed by atoms with van der Waals surface area (Å²) in [4.78, 5) is 16.7. The number of para-hydroxylation sites is 1. The van der Waals surface area contributed by atoms with E-state index in [1.165, 1.54) is 11.3 Å². The van der Waals surface area contributed by atoms with Gasteiger partial charge in [-0.3, -0.25) is 10.1 Å². The molecule has 6 nitrogen and oxygen atoms in total. The summed E-state index contributed by atoms with van der Waals surface area (Å²) >= 11 is 6.65. The Labute approximate surface area is 146 Å². The second-order valence-electron chi connectivity index (χ2n) is 4.96. The molecule has 0 bridgehead atoms. The maximum Gasteiger partial charge on any atom is 0.257 e. The van der Waals surface area contributed by atoms with Gasteiger partial charge in [-0.15, -0.1) is 0 Å². The summed E-state index contributed by atoms with van der Waals surface area (Å²) in [6.45, 7) is 0.165. The number of aromatic nitrogens is 1. The highest BCUT2D eigenvalue weighted by atomic mass is 32.1. The molecule has 0 atom stereocenters. The van der Waals surface area contributed by atoms with Crippen LogP contribution < -0.4 is 20.1 Å². The minimum absolute atomic E-state index is 0.165. The quantitative estimate of drug-likeness (QED) is 0.687. The first-order valence-corrected chi connectivity index (χ1v) is 8.29. The lowest BCUT2D eigenvalue weighted by molar-refractivity contribution is 0.0977. The van der Waals surface area contributed by atoms with Crippen LogP contribution in [0.5, 0.6) is 11.5 Å². The minimum atomic E-state index is -0.327. The lowest BCUT2D eigenvalue weighted by Gasteiger charge is -2.07. The zero-order valence-electron chi connectivity index (χ0n) is 12.2. The minimum Gasteiger partial charge on any atom is -0.454 e. The van der Waals surface area contributed by atoms with Crippen molar-refractivity contribution in [1.29, 1.82) is 0 Å². The number of nitrogens with zero attached hydrogens (tertiary/aromatic N) is 1. The van der Waals surface area contributed by atoms with Crippen molar-refractivity contribution in [1.82, 2.24) is 10.3 Å². The molecule has 1 aromatic heterocycles. The van der Waals surface area contributed by atoms with Crippen molar-refractivity contribution < 1.29 is 14.3 Å². The molecule has 1 amide bonds. The fourth-order valence-corrected chi connectivity index (χ4v) is 3.39. The van der Waals surface area contributed by atoms with Crippen molar-refractivity contribution in [2.45, 2.75) is 0 Å². The molecule has 3 aromatic rings. The topological polar surface area (TPSA) is 72.5 Å². The van der Waals surface area contributed by atoms with Gasteiger partial charge in [0.1, 0.15) is 0 Å². The van der Waals surface area contributed by atoms with Gasteiger partial charge in [-0.25, -0.2) is 4.98 Å². The second kappa shape index (κ2) is 6.06. The number of anilines is 1. The molecule has 2 heterocycles. The van der Waals surface area contributed by atoms with Crippen LogP contribution in [-0.2, 0) is 0 Å². The van der Waals surface area contributed by atoms with E-state index in [-0.39, 0.29) is 17.8 Å². The predicted octanol–water partition coefficient (Wildman–Crippen LogP) is 3.15. The molecule has 2 aromatic carbocycles. The molecule has 4 rings (SSSR count). The molecule has 2 N–H and O–H groups in total. The van der Waals surface area contributed by atoms with Crippen molar-refractivity contribution in [2.24, 2.45) is 0 Å².